The number of halogens is 1. The molecule has 2 heterocycles. The summed E-state index contributed by atoms with van der Waals surface area (Å²) in [4.78, 5) is 4.30. The van der Waals surface area contributed by atoms with Crippen molar-refractivity contribution < 1.29 is 4.74 Å². The second-order valence-electron chi connectivity index (χ2n) is 2.53. The van der Waals surface area contributed by atoms with Crippen molar-refractivity contribution in [1.29, 1.82) is 0 Å². The zero-order valence-electron chi connectivity index (χ0n) is 5.92. The van der Waals surface area contributed by atoms with Crippen LogP contribution in [0.15, 0.2) is 9.30 Å². The monoisotopic (exact) mass is 233 g/mol. The third kappa shape index (κ3) is 1.63. The molecule has 0 radical (unpaired) electrons. The van der Waals surface area contributed by atoms with Crippen molar-refractivity contribution in [3.8, 4) is 0 Å². The van der Waals surface area contributed by atoms with E-state index in [1.807, 2.05) is 0 Å². The molecule has 1 fully saturated rings. The number of nitrogens with zero attached hydrogens (tertiary/aromatic N) is 1. The Kier molecular flexibility index (Phi) is 2.25. The van der Waals surface area contributed by atoms with Gasteiger partial charge in [0.1, 0.15) is 6.10 Å². The number of aromatic nitrogens is 1. The largest absolute Gasteiger partial charge is 0.372 e. The van der Waals surface area contributed by atoms with E-state index in [-0.39, 0.29) is 6.10 Å². The third-order valence-corrected chi connectivity index (χ3v) is 3.14. The van der Waals surface area contributed by atoms with E-state index in [1.165, 1.54) is 6.42 Å². The maximum atomic E-state index is 5.48. The highest BCUT2D eigenvalue weighted by Crippen LogP contribution is 2.30. The van der Waals surface area contributed by atoms with Crippen LogP contribution in [0.3, 0.4) is 0 Å². The van der Waals surface area contributed by atoms with Crippen molar-refractivity contribution in [2.45, 2.75) is 18.9 Å². The van der Waals surface area contributed by atoms with Crippen molar-refractivity contribution in [1.82, 2.24) is 4.98 Å². The van der Waals surface area contributed by atoms with Gasteiger partial charge in [-0.2, -0.15) is 0 Å². The number of rotatable bonds is 1. The maximum absolute atomic E-state index is 5.48. The summed E-state index contributed by atoms with van der Waals surface area (Å²) in [6.07, 6.45) is 2.55. The van der Waals surface area contributed by atoms with Gasteiger partial charge in [0.25, 0.3) is 0 Å². The van der Waals surface area contributed by atoms with E-state index in [0.717, 1.165) is 22.6 Å². The number of hydrogen-bond acceptors (Lipinski definition) is 3. The van der Waals surface area contributed by atoms with Crippen molar-refractivity contribution in [3.63, 3.8) is 0 Å². The molecule has 1 saturated heterocycles. The first-order chi connectivity index (χ1) is 5.36. The van der Waals surface area contributed by atoms with E-state index < -0.39 is 0 Å². The van der Waals surface area contributed by atoms with E-state index >= 15 is 0 Å². The Bertz CT molecular complexity index is 244. The Morgan fingerprint density at radius 2 is 2.64 bits per heavy atom. The molecule has 4 heteroatoms. The summed E-state index contributed by atoms with van der Waals surface area (Å²) in [7, 11) is 0. The Labute approximate surface area is 77.7 Å². The van der Waals surface area contributed by atoms with Crippen LogP contribution in [0.4, 0.5) is 0 Å². The van der Waals surface area contributed by atoms with Crippen molar-refractivity contribution >= 4 is 27.3 Å². The van der Waals surface area contributed by atoms with Crippen LogP contribution in [-0.2, 0) is 4.74 Å². The maximum Gasteiger partial charge on any atom is 0.159 e. The summed E-state index contributed by atoms with van der Waals surface area (Å²) in [5.41, 5.74) is 1.08. The Balaban J connectivity index is 2.15. The van der Waals surface area contributed by atoms with Gasteiger partial charge in [0.15, 0.2) is 3.92 Å². The van der Waals surface area contributed by atoms with Crippen molar-refractivity contribution in [3.05, 3.63) is 15.0 Å². The summed E-state index contributed by atoms with van der Waals surface area (Å²) >= 11 is 4.95. The molecule has 0 saturated carbocycles. The lowest BCUT2D eigenvalue weighted by Gasteiger charge is -2.03. The van der Waals surface area contributed by atoms with Gasteiger partial charge in [-0.25, -0.2) is 4.98 Å². The van der Waals surface area contributed by atoms with Crippen LogP contribution in [-0.4, -0.2) is 11.6 Å². The smallest absolute Gasteiger partial charge is 0.159 e. The van der Waals surface area contributed by atoms with Gasteiger partial charge in [0.05, 0.1) is 5.69 Å². The average Bonchev–Trinajstić information content (AvgIpc) is 2.55. The molecule has 0 bridgehead atoms. The summed E-state index contributed by atoms with van der Waals surface area (Å²) in [5, 5.41) is 2.06. The van der Waals surface area contributed by atoms with Gasteiger partial charge in [-0.1, -0.05) is 0 Å². The fourth-order valence-electron chi connectivity index (χ4n) is 1.22. The molecule has 2 rings (SSSR count). The molecular weight excluding hydrogens is 226 g/mol. The highest BCUT2D eigenvalue weighted by atomic mass is 79.9. The predicted molar refractivity (Wildman–Crippen MR) is 47.7 cm³/mol. The summed E-state index contributed by atoms with van der Waals surface area (Å²) in [5.74, 6) is 0. The molecule has 2 nitrogen and oxygen atoms in total. The van der Waals surface area contributed by atoms with Crippen LogP contribution in [0.1, 0.15) is 24.6 Å². The van der Waals surface area contributed by atoms with Crippen LogP contribution in [0.25, 0.3) is 0 Å². The van der Waals surface area contributed by atoms with Crippen LogP contribution in [0.2, 0.25) is 0 Å². The van der Waals surface area contributed by atoms with Gasteiger partial charge < -0.3 is 4.74 Å². The molecule has 60 valence electrons. The lowest BCUT2D eigenvalue weighted by Crippen LogP contribution is -1.94. The van der Waals surface area contributed by atoms with E-state index in [0.29, 0.717) is 0 Å². The van der Waals surface area contributed by atoms with Crippen molar-refractivity contribution in [2.24, 2.45) is 0 Å². The molecule has 1 atom stereocenters. The molecule has 1 aliphatic heterocycles. The molecule has 1 aromatic heterocycles. The van der Waals surface area contributed by atoms with E-state index in [1.54, 1.807) is 11.3 Å². The second-order valence-corrected chi connectivity index (χ2v) is 4.66. The lowest BCUT2D eigenvalue weighted by molar-refractivity contribution is 0.109. The Morgan fingerprint density at radius 3 is 3.18 bits per heavy atom. The highest BCUT2D eigenvalue weighted by molar-refractivity contribution is 9.11. The zero-order valence-corrected chi connectivity index (χ0v) is 8.32. The first kappa shape index (κ1) is 7.71. The molecular formula is C7H8BrNOS. The third-order valence-electron chi connectivity index (χ3n) is 1.75. The van der Waals surface area contributed by atoms with Gasteiger partial charge in [-0.05, 0) is 28.8 Å². The molecule has 0 N–H and O–H groups in total. The Hall–Kier alpha value is 0.0700. The van der Waals surface area contributed by atoms with Crippen LogP contribution in [0, 0.1) is 0 Å². The molecule has 1 unspecified atom stereocenters. The highest BCUT2D eigenvalue weighted by Gasteiger charge is 2.19. The number of ether oxygens (including phenoxy) is 1. The zero-order chi connectivity index (χ0) is 7.68. The summed E-state index contributed by atoms with van der Waals surface area (Å²) < 4.78 is 6.42. The molecule has 1 aliphatic rings. The molecule has 0 aromatic carbocycles. The van der Waals surface area contributed by atoms with Crippen LogP contribution >= 0.6 is 27.3 Å². The fraction of sp³-hybridized carbons (Fsp3) is 0.571. The minimum absolute atomic E-state index is 0.262. The van der Waals surface area contributed by atoms with E-state index in [9.17, 15) is 0 Å². The lowest BCUT2D eigenvalue weighted by atomic mass is 10.2. The fourth-order valence-corrected chi connectivity index (χ4v) is 2.29. The number of thiazole rings is 1. The average molecular weight is 234 g/mol. The quantitative estimate of drug-likeness (QED) is 0.745. The first-order valence-corrected chi connectivity index (χ1v) is 5.26. The van der Waals surface area contributed by atoms with Gasteiger partial charge in [0.2, 0.25) is 0 Å². The standard InChI is InChI=1S/C7H8BrNOS/c8-7-9-5(4-11-7)6-2-1-3-10-6/h4,6H,1-3H2. The SMILES string of the molecule is Brc1nc(C2CCCO2)cs1. The van der Waals surface area contributed by atoms with Gasteiger partial charge in [-0.15, -0.1) is 11.3 Å². The minimum Gasteiger partial charge on any atom is -0.372 e. The normalized spacial score (nSPS) is 24.3. The van der Waals surface area contributed by atoms with Gasteiger partial charge in [-0.3, -0.25) is 0 Å². The summed E-state index contributed by atoms with van der Waals surface area (Å²) in [6, 6.07) is 0. The topological polar surface area (TPSA) is 22.1 Å². The van der Waals surface area contributed by atoms with E-state index in [2.05, 4.69) is 26.3 Å². The first-order valence-electron chi connectivity index (χ1n) is 3.59. The molecule has 0 aliphatic carbocycles. The number of hydrogen-bond donors (Lipinski definition) is 0. The molecule has 1 aromatic rings. The van der Waals surface area contributed by atoms with Crippen LogP contribution in [0.5, 0.6) is 0 Å². The van der Waals surface area contributed by atoms with Gasteiger partial charge in [0, 0.05) is 12.0 Å². The van der Waals surface area contributed by atoms with Gasteiger partial charge >= 0.3 is 0 Å². The second kappa shape index (κ2) is 3.21. The minimum atomic E-state index is 0.262. The molecule has 0 spiro atoms. The molecule has 11 heavy (non-hydrogen) atoms. The summed E-state index contributed by atoms with van der Waals surface area (Å²) in [6.45, 7) is 0.889. The van der Waals surface area contributed by atoms with E-state index in [4.69, 9.17) is 4.74 Å². The van der Waals surface area contributed by atoms with Crippen molar-refractivity contribution in [2.75, 3.05) is 6.61 Å². The molecule has 0 amide bonds. The predicted octanol–water partition coefficient (Wildman–Crippen LogP) is 2.76. The Morgan fingerprint density at radius 1 is 1.73 bits per heavy atom. The van der Waals surface area contributed by atoms with Crippen LogP contribution < -0.4 is 0 Å².